The van der Waals surface area contributed by atoms with Crippen LogP contribution in [0.2, 0.25) is 5.02 Å². The highest BCUT2D eigenvalue weighted by atomic mass is 35.5. The van der Waals surface area contributed by atoms with Crippen molar-refractivity contribution in [1.29, 1.82) is 0 Å². The number of hydrogen-bond donors (Lipinski definition) is 0. The molecule has 0 radical (unpaired) electrons. The van der Waals surface area contributed by atoms with Crippen LogP contribution in [0, 0.1) is 17.6 Å². The second-order valence-corrected chi connectivity index (χ2v) is 13.4. The minimum atomic E-state index is -5.02. The summed E-state index contributed by atoms with van der Waals surface area (Å²) in [5, 5.41) is -0.510. The molecule has 8 nitrogen and oxygen atoms in total. The van der Waals surface area contributed by atoms with Gasteiger partial charge in [0.2, 0.25) is 5.95 Å². The van der Waals surface area contributed by atoms with E-state index in [9.17, 15) is 12.8 Å². The summed E-state index contributed by atoms with van der Waals surface area (Å²) in [6.07, 6.45) is 4.16. The van der Waals surface area contributed by atoms with E-state index >= 15 is 8.78 Å². The highest BCUT2D eigenvalue weighted by Gasteiger charge is 2.43. The van der Waals surface area contributed by atoms with Gasteiger partial charge in [0.15, 0.2) is 10.7 Å². The largest absolute Gasteiger partial charge is 0.497 e. The van der Waals surface area contributed by atoms with Gasteiger partial charge in [0, 0.05) is 42.4 Å². The van der Waals surface area contributed by atoms with Crippen molar-refractivity contribution in [3.05, 3.63) is 70.6 Å². The van der Waals surface area contributed by atoms with Crippen LogP contribution in [-0.4, -0.2) is 64.2 Å². The van der Waals surface area contributed by atoms with Crippen molar-refractivity contribution in [3.63, 3.8) is 0 Å². The van der Waals surface area contributed by atoms with Crippen LogP contribution in [-0.2, 0) is 16.6 Å². The number of aromatic nitrogens is 1. The Kier molecular flexibility index (Phi) is 8.75. The van der Waals surface area contributed by atoms with Crippen LogP contribution in [0.3, 0.4) is 0 Å². The number of sulfonamides is 1. The lowest BCUT2D eigenvalue weighted by Crippen LogP contribution is -2.53. The van der Waals surface area contributed by atoms with Gasteiger partial charge in [-0.05, 0) is 57.5 Å². The molecule has 0 amide bonds. The smallest absolute Gasteiger partial charge is 0.271 e. The summed E-state index contributed by atoms with van der Waals surface area (Å²) < 4.78 is 85.3. The Bertz CT molecular complexity index is 1630. The summed E-state index contributed by atoms with van der Waals surface area (Å²) in [6, 6.07) is 9.56. The molecule has 5 rings (SSSR count). The fourth-order valence-corrected chi connectivity index (χ4v) is 7.59. The van der Waals surface area contributed by atoms with Gasteiger partial charge in [-0.25, -0.2) is 26.5 Å². The lowest BCUT2D eigenvalue weighted by molar-refractivity contribution is 0.0584. The lowest BCUT2D eigenvalue weighted by Gasteiger charge is -2.45. The Labute approximate surface area is 255 Å². The van der Waals surface area contributed by atoms with Crippen molar-refractivity contribution in [1.82, 2.24) is 9.88 Å². The second-order valence-electron chi connectivity index (χ2n) is 11.2. The fourth-order valence-electron chi connectivity index (χ4n) is 5.76. The van der Waals surface area contributed by atoms with Crippen molar-refractivity contribution in [2.75, 3.05) is 43.6 Å². The summed E-state index contributed by atoms with van der Waals surface area (Å²) in [4.78, 5) is 6.55. The van der Waals surface area contributed by atoms with Gasteiger partial charge in [0.25, 0.3) is 10.0 Å². The molecule has 1 aliphatic carbocycles. The van der Waals surface area contributed by atoms with Crippen molar-refractivity contribution >= 4 is 33.1 Å². The Morgan fingerprint density at radius 1 is 1.12 bits per heavy atom. The predicted octanol–water partition coefficient (Wildman–Crippen LogP) is 6.02. The molecule has 0 spiro atoms. The number of likely N-dealkylation sites (N-methyl/N-ethyl adjacent to an activating group) is 1. The van der Waals surface area contributed by atoms with Crippen LogP contribution in [0.4, 0.5) is 24.7 Å². The molecule has 2 aliphatic rings. The van der Waals surface area contributed by atoms with Crippen LogP contribution in [0.1, 0.15) is 38.2 Å². The second kappa shape index (κ2) is 12.0. The van der Waals surface area contributed by atoms with Crippen LogP contribution >= 0.6 is 11.6 Å². The van der Waals surface area contributed by atoms with Gasteiger partial charge in [-0.15, -0.1) is 0 Å². The first-order chi connectivity index (χ1) is 20.4. The Hall–Kier alpha value is -3.22. The number of ether oxygens (including phenoxy) is 2. The molecule has 0 bridgehead atoms. The van der Waals surface area contributed by atoms with Gasteiger partial charge in [-0.3, -0.25) is 4.90 Å². The topological polar surface area (TPSA) is 75.2 Å². The molecule has 1 aromatic heterocycles. The number of methoxy groups -OCH3 is 2. The molecule has 1 saturated carbocycles. The lowest BCUT2D eigenvalue weighted by atomic mass is 9.87. The Balaban J connectivity index is 1.54. The van der Waals surface area contributed by atoms with E-state index in [2.05, 4.69) is 23.9 Å². The standard InChI is InChI=1S/C30H34ClF3N4O4S/c1-30(36(2)20-7-5-8-20)13-14-37(18-30)23-16-22(32)29(28(34)27(23)31)43(39,40)38(26-10-6-9-25(33)35-26)17-19-11-12-21(41-3)15-24(19)42-4/h6,9-12,15-16,20H,5,7-8,13-14,17-18H2,1-4H3/t30-/m1/s1. The van der Waals surface area contributed by atoms with Gasteiger partial charge < -0.3 is 14.4 Å². The molecule has 1 atom stereocenters. The minimum absolute atomic E-state index is 0.0774. The van der Waals surface area contributed by atoms with Crippen LogP contribution in [0.25, 0.3) is 0 Å². The average molecular weight is 639 g/mol. The summed E-state index contributed by atoms with van der Waals surface area (Å²) in [6.45, 7) is 2.60. The molecule has 0 unspecified atom stereocenters. The first-order valence-electron chi connectivity index (χ1n) is 13.9. The summed E-state index contributed by atoms with van der Waals surface area (Å²) in [5.74, 6) is -3.42. The number of halogens is 4. The molecule has 1 saturated heterocycles. The van der Waals surface area contributed by atoms with Gasteiger partial charge in [-0.1, -0.05) is 24.1 Å². The number of benzene rings is 2. The average Bonchev–Trinajstić information content (AvgIpc) is 3.35. The van der Waals surface area contributed by atoms with Crippen LogP contribution in [0.5, 0.6) is 11.5 Å². The first kappa shape index (κ1) is 31.2. The van der Waals surface area contributed by atoms with Crippen molar-refractivity contribution in [3.8, 4) is 11.5 Å². The molecule has 2 fully saturated rings. The van der Waals surface area contributed by atoms with Crippen molar-refractivity contribution in [2.45, 2.75) is 55.6 Å². The molecular weight excluding hydrogens is 605 g/mol. The van der Waals surface area contributed by atoms with Gasteiger partial charge in [-0.2, -0.15) is 4.39 Å². The van der Waals surface area contributed by atoms with E-state index in [4.69, 9.17) is 21.1 Å². The SMILES string of the molecule is COc1ccc(CN(c2cccc(F)n2)S(=O)(=O)c2c(F)cc(N3CC[C@@](C)(N(C)C4CCC4)C3)c(Cl)c2F)c(OC)c1. The highest BCUT2D eigenvalue weighted by Crippen LogP contribution is 2.42. The first-order valence-corrected chi connectivity index (χ1v) is 15.7. The number of rotatable bonds is 10. The van der Waals surface area contributed by atoms with Crippen LogP contribution < -0.4 is 18.7 Å². The quantitative estimate of drug-likeness (QED) is 0.199. The monoisotopic (exact) mass is 638 g/mol. The normalized spacial score (nSPS) is 19.0. The van der Waals surface area contributed by atoms with E-state index < -0.39 is 44.1 Å². The summed E-state index contributed by atoms with van der Waals surface area (Å²) >= 11 is 6.46. The van der Waals surface area contributed by atoms with E-state index in [0.717, 1.165) is 31.4 Å². The number of pyridine rings is 1. The van der Waals surface area contributed by atoms with E-state index in [-0.39, 0.29) is 22.8 Å². The van der Waals surface area contributed by atoms with E-state index in [1.165, 1.54) is 44.9 Å². The Morgan fingerprint density at radius 2 is 1.86 bits per heavy atom. The minimum Gasteiger partial charge on any atom is -0.497 e. The maximum absolute atomic E-state index is 16.0. The zero-order valence-electron chi connectivity index (χ0n) is 24.4. The molecule has 2 heterocycles. The third kappa shape index (κ3) is 5.84. The zero-order chi connectivity index (χ0) is 31.1. The summed E-state index contributed by atoms with van der Waals surface area (Å²) in [5.41, 5.74) is 0.158. The van der Waals surface area contributed by atoms with E-state index in [0.29, 0.717) is 34.7 Å². The number of hydrogen-bond acceptors (Lipinski definition) is 7. The zero-order valence-corrected chi connectivity index (χ0v) is 26.0. The number of anilines is 2. The molecule has 13 heteroatoms. The summed E-state index contributed by atoms with van der Waals surface area (Å²) in [7, 11) is -0.121. The Morgan fingerprint density at radius 3 is 2.49 bits per heavy atom. The molecule has 1 aliphatic heterocycles. The van der Waals surface area contributed by atoms with Gasteiger partial charge in [0.1, 0.15) is 28.2 Å². The molecule has 43 heavy (non-hydrogen) atoms. The van der Waals surface area contributed by atoms with E-state index in [1.54, 1.807) is 11.0 Å². The van der Waals surface area contributed by atoms with E-state index in [1.807, 2.05) is 0 Å². The third-order valence-electron chi connectivity index (χ3n) is 8.68. The molecule has 232 valence electrons. The van der Waals surface area contributed by atoms with Crippen molar-refractivity contribution in [2.24, 2.45) is 0 Å². The van der Waals surface area contributed by atoms with Crippen molar-refractivity contribution < 1.29 is 31.1 Å². The fraction of sp³-hybridized carbons (Fsp3) is 0.433. The maximum Gasteiger partial charge on any atom is 0.271 e. The van der Waals surface area contributed by atoms with Crippen LogP contribution in [0.15, 0.2) is 47.4 Å². The maximum atomic E-state index is 16.0. The third-order valence-corrected chi connectivity index (χ3v) is 10.8. The van der Waals surface area contributed by atoms with Gasteiger partial charge in [0.05, 0.1) is 26.5 Å². The molecule has 0 N–H and O–H groups in total. The highest BCUT2D eigenvalue weighted by molar-refractivity contribution is 7.92. The predicted molar refractivity (Wildman–Crippen MR) is 159 cm³/mol. The molecular formula is C30H34ClF3N4O4S. The van der Waals surface area contributed by atoms with Gasteiger partial charge >= 0.3 is 0 Å². The molecule has 2 aromatic carbocycles. The number of nitrogens with zero attached hydrogens (tertiary/aromatic N) is 4. The molecule has 3 aromatic rings.